The summed E-state index contributed by atoms with van der Waals surface area (Å²) in [5, 5.41) is 1.87. The van der Waals surface area contributed by atoms with Gasteiger partial charge in [0.1, 0.15) is 5.82 Å². The number of carbonyl (C=O) groups is 3. The monoisotopic (exact) mass is 500 g/mol. The van der Waals surface area contributed by atoms with Gasteiger partial charge in [0.2, 0.25) is 5.95 Å². The molecular formula is C26H24N6O3S. The van der Waals surface area contributed by atoms with E-state index in [1.54, 1.807) is 12.1 Å². The number of piperazine rings is 1. The number of anilines is 3. The van der Waals surface area contributed by atoms with Crippen molar-refractivity contribution < 1.29 is 14.4 Å². The van der Waals surface area contributed by atoms with E-state index in [1.807, 2.05) is 82.4 Å². The van der Waals surface area contributed by atoms with E-state index in [0.29, 0.717) is 49.2 Å². The SMILES string of the molecule is CN(c1ccccc1)c1cc(/C=C2/SC(=O)NC2=O)nc(N2CCN(C(=O)c3ccccc3)CC2)n1. The topological polar surface area (TPSA) is 98.7 Å². The Kier molecular flexibility index (Phi) is 6.68. The maximum absolute atomic E-state index is 12.8. The molecule has 9 nitrogen and oxygen atoms in total. The van der Waals surface area contributed by atoms with E-state index in [4.69, 9.17) is 4.98 Å². The van der Waals surface area contributed by atoms with Crippen molar-refractivity contribution in [2.45, 2.75) is 0 Å². The van der Waals surface area contributed by atoms with Crippen LogP contribution in [0.5, 0.6) is 0 Å². The molecule has 3 aromatic rings. The largest absolute Gasteiger partial charge is 0.337 e. The molecule has 3 amide bonds. The van der Waals surface area contributed by atoms with E-state index in [1.165, 1.54) is 0 Å². The van der Waals surface area contributed by atoms with Gasteiger partial charge in [0.15, 0.2) is 0 Å². The van der Waals surface area contributed by atoms with E-state index in [2.05, 4.69) is 10.3 Å². The molecule has 2 fully saturated rings. The zero-order valence-electron chi connectivity index (χ0n) is 19.6. The van der Waals surface area contributed by atoms with Crippen LogP contribution in [0.2, 0.25) is 0 Å². The minimum atomic E-state index is -0.434. The van der Waals surface area contributed by atoms with Crippen LogP contribution in [-0.2, 0) is 4.79 Å². The molecule has 0 saturated carbocycles. The average molecular weight is 501 g/mol. The number of nitrogens with one attached hydrogen (secondary N) is 1. The van der Waals surface area contributed by atoms with Crippen LogP contribution < -0.4 is 15.1 Å². The van der Waals surface area contributed by atoms with Crippen molar-refractivity contribution in [2.24, 2.45) is 0 Å². The number of amides is 3. The third kappa shape index (κ3) is 5.08. The number of hydrogen-bond donors (Lipinski definition) is 1. The van der Waals surface area contributed by atoms with Crippen molar-refractivity contribution in [3.05, 3.63) is 82.9 Å². The Morgan fingerprint density at radius 2 is 1.64 bits per heavy atom. The Morgan fingerprint density at radius 1 is 0.972 bits per heavy atom. The highest BCUT2D eigenvalue weighted by molar-refractivity contribution is 8.18. The molecule has 0 radical (unpaired) electrons. The highest BCUT2D eigenvalue weighted by Gasteiger charge is 2.27. The van der Waals surface area contributed by atoms with Gasteiger partial charge in [0, 0.05) is 50.5 Å². The number of rotatable bonds is 5. The standard InChI is InChI=1S/C26H24N6O3S/c1-30(20-10-6-3-7-11-20)22-17-19(16-21-23(33)29-26(35)36-21)27-25(28-22)32-14-12-31(13-15-32)24(34)18-8-4-2-5-9-18/h2-11,16-17H,12-15H2,1H3,(H,29,33,35)/b21-16+. The molecule has 0 unspecified atom stereocenters. The molecule has 0 spiro atoms. The van der Waals surface area contributed by atoms with E-state index in [-0.39, 0.29) is 10.8 Å². The van der Waals surface area contributed by atoms with Crippen molar-refractivity contribution in [3.8, 4) is 0 Å². The lowest BCUT2D eigenvalue weighted by Gasteiger charge is -2.35. The van der Waals surface area contributed by atoms with Crippen LogP contribution in [0.15, 0.2) is 71.6 Å². The van der Waals surface area contributed by atoms with Gasteiger partial charge in [-0.2, -0.15) is 4.98 Å². The number of benzene rings is 2. The molecular weight excluding hydrogens is 476 g/mol. The highest BCUT2D eigenvalue weighted by atomic mass is 32.2. The molecule has 182 valence electrons. The van der Waals surface area contributed by atoms with Crippen LogP contribution in [0.3, 0.4) is 0 Å². The lowest BCUT2D eigenvalue weighted by atomic mass is 10.2. The van der Waals surface area contributed by atoms with Crippen LogP contribution in [-0.4, -0.2) is 65.1 Å². The Morgan fingerprint density at radius 3 is 2.28 bits per heavy atom. The van der Waals surface area contributed by atoms with Gasteiger partial charge in [-0.25, -0.2) is 4.98 Å². The summed E-state index contributed by atoms with van der Waals surface area (Å²) in [6, 6.07) is 20.8. The molecule has 2 aromatic carbocycles. The summed E-state index contributed by atoms with van der Waals surface area (Å²) >= 11 is 0.852. The van der Waals surface area contributed by atoms with E-state index < -0.39 is 11.1 Å². The van der Waals surface area contributed by atoms with Crippen molar-refractivity contribution in [1.29, 1.82) is 0 Å². The second-order valence-electron chi connectivity index (χ2n) is 8.34. The summed E-state index contributed by atoms with van der Waals surface area (Å²) in [7, 11) is 1.91. The molecule has 2 aliphatic rings. The van der Waals surface area contributed by atoms with Crippen LogP contribution in [0.1, 0.15) is 16.1 Å². The fourth-order valence-corrected chi connectivity index (χ4v) is 4.71. The predicted octanol–water partition coefficient (Wildman–Crippen LogP) is 3.53. The van der Waals surface area contributed by atoms with Crippen molar-refractivity contribution >= 4 is 52.3 Å². The van der Waals surface area contributed by atoms with Crippen molar-refractivity contribution in [3.63, 3.8) is 0 Å². The van der Waals surface area contributed by atoms with E-state index in [9.17, 15) is 14.4 Å². The molecule has 0 aliphatic carbocycles. The second-order valence-corrected chi connectivity index (χ2v) is 9.36. The Labute approximate surface area is 212 Å². The smallest absolute Gasteiger partial charge is 0.290 e. The third-order valence-corrected chi connectivity index (χ3v) is 6.81. The van der Waals surface area contributed by atoms with Crippen LogP contribution in [0.25, 0.3) is 6.08 Å². The fraction of sp³-hybridized carbons (Fsp3) is 0.192. The van der Waals surface area contributed by atoms with Crippen molar-refractivity contribution in [2.75, 3.05) is 43.0 Å². The van der Waals surface area contributed by atoms with Gasteiger partial charge in [-0.15, -0.1) is 0 Å². The molecule has 2 aliphatic heterocycles. The van der Waals surface area contributed by atoms with Gasteiger partial charge in [0.05, 0.1) is 10.6 Å². The number of hydrogen-bond acceptors (Lipinski definition) is 8. The summed E-state index contributed by atoms with van der Waals surface area (Å²) in [5.41, 5.74) is 2.14. The Hall–Kier alpha value is -4.18. The quantitative estimate of drug-likeness (QED) is 0.532. The first-order valence-electron chi connectivity index (χ1n) is 11.5. The maximum Gasteiger partial charge on any atom is 0.290 e. The molecule has 2 saturated heterocycles. The first kappa shape index (κ1) is 23.6. The number of imide groups is 1. The van der Waals surface area contributed by atoms with Gasteiger partial charge < -0.3 is 14.7 Å². The third-order valence-electron chi connectivity index (χ3n) is 6.00. The lowest BCUT2D eigenvalue weighted by Crippen LogP contribution is -2.49. The first-order chi connectivity index (χ1) is 17.5. The van der Waals surface area contributed by atoms with E-state index in [0.717, 1.165) is 17.4 Å². The highest BCUT2D eigenvalue weighted by Crippen LogP contribution is 2.29. The lowest BCUT2D eigenvalue weighted by molar-refractivity contribution is -0.115. The summed E-state index contributed by atoms with van der Waals surface area (Å²) in [5.74, 6) is 0.725. The van der Waals surface area contributed by atoms with Gasteiger partial charge >= 0.3 is 0 Å². The second kappa shape index (κ2) is 10.2. The average Bonchev–Trinajstić information content (AvgIpc) is 3.24. The zero-order valence-corrected chi connectivity index (χ0v) is 20.4. The normalized spacial score (nSPS) is 16.9. The molecule has 0 bridgehead atoms. The zero-order chi connectivity index (χ0) is 25.1. The number of para-hydroxylation sites is 1. The summed E-state index contributed by atoms with van der Waals surface area (Å²) < 4.78 is 0. The van der Waals surface area contributed by atoms with Gasteiger partial charge in [-0.05, 0) is 42.1 Å². The predicted molar refractivity (Wildman–Crippen MR) is 140 cm³/mol. The summed E-state index contributed by atoms with van der Waals surface area (Å²) in [6.07, 6.45) is 1.60. The van der Waals surface area contributed by atoms with Gasteiger partial charge in [-0.3, -0.25) is 19.7 Å². The van der Waals surface area contributed by atoms with Crippen molar-refractivity contribution in [1.82, 2.24) is 20.2 Å². The minimum absolute atomic E-state index is 0.00749. The fourth-order valence-electron chi connectivity index (χ4n) is 4.04. The Balaban J connectivity index is 1.41. The number of aromatic nitrogens is 2. The van der Waals surface area contributed by atoms with Gasteiger partial charge in [0.25, 0.3) is 17.1 Å². The molecule has 10 heteroatoms. The summed E-state index contributed by atoms with van der Waals surface area (Å²) in [4.78, 5) is 52.2. The molecule has 1 aromatic heterocycles. The molecule has 0 atom stereocenters. The molecule has 1 N–H and O–H groups in total. The first-order valence-corrected chi connectivity index (χ1v) is 12.3. The number of carbonyl (C=O) groups excluding carboxylic acids is 3. The van der Waals surface area contributed by atoms with E-state index >= 15 is 0 Å². The molecule has 3 heterocycles. The minimum Gasteiger partial charge on any atom is -0.337 e. The molecule has 5 rings (SSSR count). The molecule has 36 heavy (non-hydrogen) atoms. The number of nitrogens with zero attached hydrogens (tertiary/aromatic N) is 5. The summed E-state index contributed by atoms with van der Waals surface area (Å²) in [6.45, 7) is 2.22. The number of thioether (sulfide) groups is 1. The van der Waals surface area contributed by atoms with Crippen LogP contribution in [0, 0.1) is 0 Å². The Bertz CT molecular complexity index is 1320. The maximum atomic E-state index is 12.8. The van der Waals surface area contributed by atoms with Crippen LogP contribution in [0.4, 0.5) is 22.2 Å². The van der Waals surface area contributed by atoms with Crippen LogP contribution >= 0.6 is 11.8 Å². The van der Waals surface area contributed by atoms with Gasteiger partial charge in [-0.1, -0.05) is 36.4 Å².